The molecule has 2 aromatic carbocycles. The fourth-order valence-corrected chi connectivity index (χ4v) is 3.18. The minimum Gasteiger partial charge on any atom is -0.496 e. The fraction of sp³-hybridized carbons (Fsp3) is 0.136. The van der Waals surface area contributed by atoms with E-state index in [9.17, 15) is 18.0 Å². The van der Waals surface area contributed by atoms with Gasteiger partial charge in [-0.2, -0.15) is 13.2 Å². The number of aromatic nitrogens is 2. The molecule has 0 bridgehead atoms. The van der Waals surface area contributed by atoms with Crippen molar-refractivity contribution in [2.24, 2.45) is 0 Å². The number of hydrogen-bond donors (Lipinski definition) is 0. The van der Waals surface area contributed by atoms with Crippen molar-refractivity contribution < 1.29 is 32.0 Å². The van der Waals surface area contributed by atoms with Crippen LogP contribution in [0, 0.1) is 0 Å². The third kappa shape index (κ3) is 4.07. The van der Waals surface area contributed by atoms with Crippen LogP contribution in [0.25, 0.3) is 22.2 Å². The molecule has 0 aliphatic carbocycles. The average molecular weight is 428 g/mol. The number of pyridine rings is 1. The summed E-state index contributed by atoms with van der Waals surface area (Å²) in [5, 5.41) is 3.73. The molecule has 0 fully saturated rings. The van der Waals surface area contributed by atoms with E-state index in [1.54, 1.807) is 30.3 Å². The van der Waals surface area contributed by atoms with Crippen LogP contribution in [0.4, 0.5) is 13.2 Å². The molecule has 31 heavy (non-hydrogen) atoms. The molecule has 0 unspecified atom stereocenters. The summed E-state index contributed by atoms with van der Waals surface area (Å²) in [6.07, 6.45) is -3.89. The van der Waals surface area contributed by atoms with E-state index in [2.05, 4.69) is 10.1 Å². The number of benzene rings is 2. The molecule has 0 radical (unpaired) electrons. The van der Waals surface area contributed by atoms with Crippen molar-refractivity contribution in [3.05, 3.63) is 77.7 Å². The number of fused-ring (bicyclic) bond motifs is 1. The zero-order valence-electron chi connectivity index (χ0n) is 16.1. The third-order valence-electron chi connectivity index (χ3n) is 4.57. The Morgan fingerprint density at radius 2 is 1.84 bits per heavy atom. The Balaban J connectivity index is 1.58. The molecule has 9 heteroatoms. The highest BCUT2D eigenvalue weighted by atomic mass is 19.4. The van der Waals surface area contributed by atoms with Gasteiger partial charge in [-0.1, -0.05) is 35.5 Å². The second-order valence-electron chi connectivity index (χ2n) is 6.52. The van der Waals surface area contributed by atoms with Crippen LogP contribution in [0.15, 0.2) is 65.3 Å². The Kier molecular flexibility index (Phi) is 5.33. The fourth-order valence-electron chi connectivity index (χ4n) is 3.18. The average Bonchev–Trinajstić information content (AvgIpc) is 3.24. The van der Waals surface area contributed by atoms with Crippen molar-refractivity contribution in [1.29, 1.82) is 0 Å². The first kappa shape index (κ1) is 20.4. The largest absolute Gasteiger partial charge is 0.496 e. The van der Waals surface area contributed by atoms with Crippen molar-refractivity contribution in [2.75, 3.05) is 7.11 Å². The molecule has 0 aliphatic rings. The molecular formula is C22H15F3N2O4. The number of hydrogen-bond acceptors (Lipinski definition) is 6. The maximum atomic E-state index is 13.7. The Bertz CT molecular complexity index is 1250. The van der Waals surface area contributed by atoms with E-state index in [-0.39, 0.29) is 16.7 Å². The highest BCUT2D eigenvalue weighted by Gasteiger charge is 2.38. The van der Waals surface area contributed by atoms with Crippen LogP contribution in [-0.4, -0.2) is 23.2 Å². The Morgan fingerprint density at radius 3 is 2.61 bits per heavy atom. The molecule has 0 amide bonds. The van der Waals surface area contributed by atoms with Gasteiger partial charge < -0.3 is 14.0 Å². The van der Waals surface area contributed by atoms with E-state index < -0.39 is 29.9 Å². The quantitative estimate of drug-likeness (QED) is 0.403. The van der Waals surface area contributed by atoms with E-state index in [0.717, 1.165) is 6.20 Å². The van der Waals surface area contributed by atoms with Crippen LogP contribution in [0.1, 0.15) is 21.7 Å². The lowest BCUT2D eigenvalue weighted by molar-refractivity contribution is -0.136. The van der Waals surface area contributed by atoms with Gasteiger partial charge in [-0.25, -0.2) is 4.79 Å². The minimum atomic E-state index is -4.76. The molecule has 0 aliphatic heterocycles. The van der Waals surface area contributed by atoms with Gasteiger partial charge in [0.15, 0.2) is 12.4 Å². The smallest absolute Gasteiger partial charge is 0.417 e. The number of rotatable bonds is 5. The van der Waals surface area contributed by atoms with E-state index in [4.69, 9.17) is 14.0 Å². The van der Waals surface area contributed by atoms with Crippen LogP contribution < -0.4 is 4.74 Å². The summed E-state index contributed by atoms with van der Waals surface area (Å²) in [4.78, 5) is 16.4. The molecule has 0 saturated carbocycles. The van der Waals surface area contributed by atoms with Crippen molar-refractivity contribution >= 4 is 16.9 Å². The topological polar surface area (TPSA) is 74.5 Å². The van der Waals surface area contributed by atoms with E-state index >= 15 is 0 Å². The van der Waals surface area contributed by atoms with Crippen molar-refractivity contribution in [1.82, 2.24) is 10.1 Å². The van der Waals surface area contributed by atoms with E-state index in [0.29, 0.717) is 17.0 Å². The van der Waals surface area contributed by atoms with Crippen LogP contribution in [-0.2, 0) is 17.5 Å². The number of alkyl halides is 3. The Labute approximate surface area is 174 Å². The van der Waals surface area contributed by atoms with Gasteiger partial charge in [-0.15, -0.1) is 0 Å². The van der Waals surface area contributed by atoms with Gasteiger partial charge in [-0.05, 0) is 18.2 Å². The zero-order valence-corrected chi connectivity index (χ0v) is 16.1. The predicted octanol–water partition coefficient (Wildman–Crippen LogP) is 5.27. The molecule has 0 saturated heterocycles. The zero-order chi connectivity index (χ0) is 22.0. The van der Waals surface area contributed by atoms with E-state index in [1.807, 2.05) is 0 Å². The van der Waals surface area contributed by atoms with Gasteiger partial charge in [0.05, 0.1) is 23.8 Å². The second-order valence-corrected chi connectivity index (χ2v) is 6.52. The van der Waals surface area contributed by atoms with Gasteiger partial charge in [0.1, 0.15) is 11.4 Å². The summed E-state index contributed by atoms with van der Waals surface area (Å²) in [6.45, 7) is -0.398. The molecular weight excluding hydrogens is 413 g/mol. The maximum absolute atomic E-state index is 13.7. The normalized spacial score (nSPS) is 11.5. The number of esters is 1. The molecule has 6 nitrogen and oxygen atoms in total. The first-order valence-corrected chi connectivity index (χ1v) is 9.09. The van der Waals surface area contributed by atoms with Crippen molar-refractivity contribution in [3.8, 4) is 17.0 Å². The SMILES string of the molecule is COc1ccccc1-c1cc(COC(=O)c2cnc3ccccc3c2C(F)(F)F)on1. The van der Waals surface area contributed by atoms with Crippen LogP contribution in [0.2, 0.25) is 0 Å². The first-order valence-electron chi connectivity index (χ1n) is 9.09. The van der Waals surface area contributed by atoms with Crippen molar-refractivity contribution in [3.63, 3.8) is 0 Å². The summed E-state index contributed by atoms with van der Waals surface area (Å²) in [5.74, 6) is -0.436. The number of methoxy groups -OCH3 is 1. The summed E-state index contributed by atoms with van der Waals surface area (Å²) in [7, 11) is 1.51. The van der Waals surface area contributed by atoms with E-state index in [1.165, 1.54) is 31.4 Å². The first-order chi connectivity index (χ1) is 14.9. The molecule has 4 rings (SSSR count). The molecule has 2 heterocycles. The molecule has 4 aromatic rings. The van der Waals surface area contributed by atoms with Gasteiger partial charge in [-0.3, -0.25) is 4.98 Å². The highest BCUT2D eigenvalue weighted by molar-refractivity contribution is 5.97. The van der Waals surface area contributed by atoms with Gasteiger partial charge >= 0.3 is 12.1 Å². The predicted molar refractivity (Wildman–Crippen MR) is 104 cm³/mol. The lowest BCUT2D eigenvalue weighted by Gasteiger charge is -2.14. The summed E-state index contributed by atoms with van der Waals surface area (Å²) < 4.78 is 56.5. The number of ether oxygens (including phenoxy) is 2. The van der Waals surface area contributed by atoms with Gasteiger partial charge in [0.25, 0.3) is 0 Å². The third-order valence-corrected chi connectivity index (χ3v) is 4.57. The monoisotopic (exact) mass is 428 g/mol. The molecule has 2 aromatic heterocycles. The van der Waals surface area contributed by atoms with Gasteiger partial charge in [0, 0.05) is 23.2 Å². The number of nitrogens with zero attached hydrogens (tertiary/aromatic N) is 2. The highest BCUT2D eigenvalue weighted by Crippen LogP contribution is 2.37. The Morgan fingerprint density at radius 1 is 1.10 bits per heavy atom. The molecule has 0 spiro atoms. The summed E-state index contributed by atoms with van der Waals surface area (Å²) >= 11 is 0. The molecule has 0 atom stereocenters. The van der Waals surface area contributed by atoms with Crippen LogP contribution in [0.3, 0.4) is 0 Å². The lowest BCUT2D eigenvalue weighted by atomic mass is 10.0. The molecule has 158 valence electrons. The van der Waals surface area contributed by atoms with Crippen molar-refractivity contribution in [2.45, 2.75) is 12.8 Å². The second kappa shape index (κ2) is 8.10. The number of halogens is 3. The molecule has 0 N–H and O–H groups in total. The van der Waals surface area contributed by atoms with Crippen LogP contribution >= 0.6 is 0 Å². The Hall–Kier alpha value is -3.88. The number of carbonyl (C=O) groups excluding carboxylic acids is 1. The summed E-state index contributed by atoms with van der Waals surface area (Å²) in [5.41, 5.74) is -0.537. The van der Waals surface area contributed by atoms with Crippen LogP contribution in [0.5, 0.6) is 5.75 Å². The maximum Gasteiger partial charge on any atom is 0.417 e. The number of carbonyl (C=O) groups is 1. The minimum absolute atomic E-state index is 0.128. The van der Waals surface area contributed by atoms with Gasteiger partial charge in [0.2, 0.25) is 0 Å². The summed E-state index contributed by atoms with van der Waals surface area (Å²) in [6, 6.07) is 14.3. The number of para-hydroxylation sites is 2. The lowest BCUT2D eigenvalue weighted by Crippen LogP contribution is -2.16. The standard InChI is InChI=1S/C22H15F3N2O4/c1-29-19-9-5-3-6-14(19)18-10-13(31-27-18)12-30-21(28)16-11-26-17-8-4-2-7-15(17)20(16)22(23,24)25/h2-11H,12H2,1H3.